The van der Waals surface area contributed by atoms with Crippen molar-refractivity contribution in [2.45, 2.75) is 6.54 Å². The Morgan fingerprint density at radius 1 is 1.24 bits per heavy atom. The molecule has 3 aromatic rings. The van der Waals surface area contributed by atoms with Gasteiger partial charge in [0.25, 0.3) is 11.6 Å². The maximum absolute atomic E-state index is 12.7. The maximum atomic E-state index is 12.7. The Balaban J connectivity index is 1.48. The molecule has 1 N–H and O–H groups in total. The van der Waals surface area contributed by atoms with Crippen molar-refractivity contribution in [1.29, 1.82) is 0 Å². The third-order valence-corrected chi connectivity index (χ3v) is 6.34. The highest BCUT2D eigenvalue weighted by Gasteiger charge is 2.18. The molecule has 33 heavy (non-hydrogen) atoms. The summed E-state index contributed by atoms with van der Waals surface area (Å²) in [6.07, 6.45) is 1.82. The number of benzene rings is 2. The number of anilines is 1. The molecule has 9 heteroatoms. The highest BCUT2D eigenvalue weighted by Crippen LogP contribution is 2.30. The highest BCUT2D eigenvalue weighted by molar-refractivity contribution is 7.14. The molecule has 0 saturated carbocycles. The summed E-state index contributed by atoms with van der Waals surface area (Å²) in [5.74, 6) is 0.0625. The molecule has 1 fully saturated rings. The van der Waals surface area contributed by atoms with E-state index in [4.69, 9.17) is 4.98 Å². The van der Waals surface area contributed by atoms with Crippen molar-refractivity contribution in [3.05, 3.63) is 87.8 Å². The van der Waals surface area contributed by atoms with Crippen molar-refractivity contribution in [2.75, 3.05) is 37.6 Å². The molecule has 8 nitrogen and oxygen atoms in total. The van der Waals surface area contributed by atoms with Crippen LogP contribution in [0.3, 0.4) is 0 Å². The second-order valence-electron chi connectivity index (χ2n) is 7.73. The van der Waals surface area contributed by atoms with Crippen molar-refractivity contribution >= 4 is 28.1 Å². The Labute approximate surface area is 196 Å². The van der Waals surface area contributed by atoms with E-state index in [0.717, 1.165) is 36.9 Å². The fraction of sp³-hybridized carbons (Fsp3) is 0.250. The summed E-state index contributed by atoms with van der Waals surface area (Å²) in [6.45, 7) is 8.17. The van der Waals surface area contributed by atoms with Gasteiger partial charge in [-0.2, -0.15) is 0 Å². The topological polar surface area (TPSA) is 91.6 Å². The first kappa shape index (κ1) is 22.6. The molecule has 2 aromatic carbocycles. The van der Waals surface area contributed by atoms with Crippen LogP contribution in [0.2, 0.25) is 0 Å². The molecule has 0 unspecified atom stereocenters. The number of rotatable bonds is 8. The van der Waals surface area contributed by atoms with Gasteiger partial charge in [-0.25, -0.2) is 4.98 Å². The van der Waals surface area contributed by atoms with Crippen molar-refractivity contribution in [3.8, 4) is 11.3 Å². The van der Waals surface area contributed by atoms with Gasteiger partial charge in [0.05, 0.1) is 10.6 Å². The number of piperazine rings is 1. The minimum Gasteiger partial charge on any atom is -0.340 e. The zero-order valence-corrected chi connectivity index (χ0v) is 19.0. The fourth-order valence-electron chi connectivity index (χ4n) is 3.71. The number of aromatic nitrogens is 1. The van der Waals surface area contributed by atoms with E-state index >= 15 is 0 Å². The third kappa shape index (κ3) is 5.44. The van der Waals surface area contributed by atoms with E-state index in [2.05, 4.69) is 16.8 Å². The molecule has 0 aliphatic carbocycles. The summed E-state index contributed by atoms with van der Waals surface area (Å²) in [7, 11) is 0. The van der Waals surface area contributed by atoms with Crippen LogP contribution in [0.25, 0.3) is 11.3 Å². The second kappa shape index (κ2) is 10.4. The van der Waals surface area contributed by atoms with Crippen LogP contribution in [0.15, 0.2) is 66.6 Å². The maximum Gasteiger partial charge on any atom is 0.270 e. The monoisotopic (exact) mass is 463 g/mol. The standard InChI is InChI=1S/C24H25N5O3S/c1-2-12-28(24-26-22(17-33-24)20-4-3-5-21(15-20)29(31)32)16-18-6-8-19(9-7-18)23(30)27-13-10-25-11-14-27/h2-9,15,17,25H,1,10-14,16H2. The van der Waals surface area contributed by atoms with E-state index in [1.165, 1.54) is 23.5 Å². The van der Waals surface area contributed by atoms with Gasteiger partial charge in [0, 0.05) is 67.9 Å². The van der Waals surface area contributed by atoms with Gasteiger partial charge in [0.1, 0.15) is 0 Å². The Morgan fingerprint density at radius 3 is 2.70 bits per heavy atom. The molecule has 1 saturated heterocycles. The lowest BCUT2D eigenvalue weighted by molar-refractivity contribution is -0.384. The number of hydrogen-bond donors (Lipinski definition) is 1. The molecule has 0 spiro atoms. The quantitative estimate of drug-likeness (QED) is 0.309. The van der Waals surface area contributed by atoms with Crippen LogP contribution in [0.4, 0.5) is 10.8 Å². The van der Waals surface area contributed by atoms with Crippen LogP contribution in [0.5, 0.6) is 0 Å². The van der Waals surface area contributed by atoms with Crippen LogP contribution in [0, 0.1) is 10.1 Å². The average Bonchev–Trinajstić information content (AvgIpc) is 3.35. The first-order valence-corrected chi connectivity index (χ1v) is 11.6. The Morgan fingerprint density at radius 2 is 2.00 bits per heavy atom. The molecule has 1 aliphatic heterocycles. The van der Waals surface area contributed by atoms with Crippen molar-refractivity contribution < 1.29 is 9.72 Å². The van der Waals surface area contributed by atoms with Crippen molar-refractivity contribution in [3.63, 3.8) is 0 Å². The van der Waals surface area contributed by atoms with Gasteiger partial charge in [0.15, 0.2) is 5.13 Å². The minimum atomic E-state index is -0.405. The molecule has 1 aliphatic rings. The summed E-state index contributed by atoms with van der Waals surface area (Å²) in [4.78, 5) is 32.0. The van der Waals surface area contributed by atoms with Gasteiger partial charge >= 0.3 is 0 Å². The van der Waals surface area contributed by atoms with Crippen LogP contribution < -0.4 is 10.2 Å². The number of hydrogen-bond acceptors (Lipinski definition) is 7. The minimum absolute atomic E-state index is 0.0421. The van der Waals surface area contributed by atoms with Gasteiger partial charge in [-0.05, 0) is 17.7 Å². The predicted molar refractivity (Wildman–Crippen MR) is 131 cm³/mol. The first-order chi connectivity index (χ1) is 16.0. The molecular formula is C24H25N5O3S. The Hall–Kier alpha value is -3.56. The van der Waals surface area contributed by atoms with Gasteiger partial charge < -0.3 is 15.1 Å². The lowest BCUT2D eigenvalue weighted by Gasteiger charge is -2.27. The summed E-state index contributed by atoms with van der Waals surface area (Å²) in [6, 6.07) is 14.2. The van der Waals surface area contributed by atoms with Crippen LogP contribution >= 0.6 is 11.3 Å². The third-order valence-electron chi connectivity index (χ3n) is 5.44. The van der Waals surface area contributed by atoms with Gasteiger partial charge in [0.2, 0.25) is 0 Å². The number of carbonyl (C=O) groups excluding carboxylic acids is 1. The van der Waals surface area contributed by atoms with E-state index in [1.54, 1.807) is 6.07 Å². The van der Waals surface area contributed by atoms with Gasteiger partial charge in [-0.3, -0.25) is 14.9 Å². The fourth-order valence-corrected chi connectivity index (χ4v) is 4.56. The Bertz CT molecular complexity index is 1140. The molecule has 1 amide bonds. The van der Waals surface area contributed by atoms with E-state index < -0.39 is 4.92 Å². The zero-order chi connectivity index (χ0) is 23.2. The van der Waals surface area contributed by atoms with E-state index in [0.29, 0.717) is 29.9 Å². The van der Waals surface area contributed by atoms with E-state index in [9.17, 15) is 14.9 Å². The molecule has 4 rings (SSSR count). The molecule has 0 atom stereocenters. The highest BCUT2D eigenvalue weighted by atomic mass is 32.1. The number of nitrogens with zero attached hydrogens (tertiary/aromatic N) is 4. The van der Waals surface area contributed by atoms with Crippen molar-refractivity contribution in [1.82, 2.24) is 15.2 Å². The summed E-state index contributed by atoms with van der Waals surface area (Å²) < 4.78 is 0. The van der Waals surface area contributed by atoms with Crippen LogP contribution in [-0.2, 0) is 6.54 Å². The van der Waals surface area contributed by atoms with Crippen molar-refractivity contribution in [2.24, 2.45) is 0 Å². The number of nitro groups is 1. The molecule has 2 heterocycles. The number of non-ortho nitro benzene ring substituents is 1. The second-order valence-corrected chi connectivity index (χ2v) is 8.57. The zero-order valence-electron chi connectivity index (χ0n) is 18.1. The molecule has 170 valence electrons. The number of amides is 1. The van der Waals surface area contributed by atoms with Gasteiger partial charge in [-0.15, -0.1) is 17.9 Å². The summed E-state index contributed by atoms with van der Waals surface area (Å²) in [5, 5.41) is 17.0. The van der Waals surface area contributed by atoms with E-state index in [-0.39, 0.29) is 11.6 Å². The number of nitro benzene ring substituents is 1. The first-order valence-electron chi connectivity index (χ1n) is 10.7. The molecular weight excluding hydrogens is 438 g/mol. The largest absolute Gasteiger partial charge is 0.340 e. The normalized spacial score (nSPS) is 13.5. The predicted octanol–water partition coefficient (Wildman–Crippen LogP) is 3.96. The summed E-state index contributed by atoms with van der Waals surface area (Å²) >= 11 is 1.48. The number of nitrogens with one attached hydrogen (secondary N) is 1. The van der Waals surface area contributed by atoms with E-state index in [1.807, 2.05) is 46.7 Å². The number of thiazole rings is 1. The average molecular weight is 464 g/mol. The lowest BCUT2D eigenvalue weighted by atomic mass is 10.1. The number of carbonyl (C=O) groups is 1. The Kier molecular flexibility index (Phi) is 7.11. The lowest BCUT2D eigenvalue weighted by Crippen LogP contribution is -2.46. The molecule has 0 radical (unpaired) electrons. The SMILES string of the molecule is C=CCN(Cc1ccc(C(=O)N2CCNCC2)cc1)c1nc(-c2cccc([N+](=O)[O-])c2)cs1. The summed E-state index contributed by atoms with van der Waals surface area (Å²) in [5.41, 5.74) is 3.20. The van der Waals surface area contributed by atoms with Crippen LogP contribution in [0.1, 0.15) is 15.9 Å². The van der Waals surface area contributed by atoms with Crippen LogP contribution in [-0.4, -0.2) is 53.4 Å². The smallest absolute Gasteiger partial charge is 0.270 e. The molecule has 1 aromatic heterocycles. The van der Waals surface area contributed by atoms with Gasteiger partial charge in [-0.1, -0.05) is 30.3 Å². The molecule has 0 bridgehead atoms.